The molecule has 0 aliphatic carbocycles. The molecule has 7 heteroatoms. The van der Waals surface area contributed by atoms with Gasteiger partial charge in [-0.25, -0.2) is 0 Å². The van der Waals surface area contributed by atoms with Crippen molar-refractivity contribution in [2.45, 2.75) is 4.90 Å². The molecule has 5 aromatic rings. The van der Waals surface area contributed by atoms with E-state index in [9.17, 15) is 13.2 Å². The molecule has 2 heterocycles. The number of benzene rings is 4. The predicted molar refractivity (Wildman–Crippen MR) is 118 cm³/mol. The summed E-state index contributed by atoms with van der Waals surface area (Å²) in [7, 11) is -2.47. The molecule has 0 N–H and O–H groups in total. The Morgan fingerprint density at radius 2 is 1.61 bits per heavy atom. The number of furan rings is 1. The summed E-state index contributed by atoms with van der Waals surface area (Å²) in [5, 5.41) is 2.74. The molecule has 1 aliphatic heterocycles. The maximum absolute atomic E-state index is 13.2. The molecule has 0 saturated heterocycles. The number of hydrogen-bond acceptors (Lipinski definition) is 5. The summed E-state index contributed by atoms with van der Waals surface area (Å²) >= 11 is 0. The highest BCUT2D eigenvalue weighted by Crippen LogP contribution is 2.40. The zero-order chi connectivity index (χ0) is 21.3. The van der Waals surface area contributed by atoms with Crippen LogP contribution in [0.2, 0.25) is 0 Å². The number of carbonyl (C=O) groups excluding carboxylic acids is 1. The van der Waals surface area contributed by atoms with Gasteiger partial charge in [0.2, 0.25) is 0 Å². The third kappa shape index (κ3) is 2.50. The highest BCUT2D eigenvalue weighted by molar-refractivity contribution is 7.87. The second-order valence-corrected chi connectivity index (χ2v) is 8.98. The highest BCUT2D eigenvalue weighted by atomic mass is 32.2. The Morgan fingerprint density at radius 3 is 2.48 bits per heavy atom. The van der Waals surface area contributed by atoms with Crippen LogP contribution in [0.5, 0.6) is 5.75 Å². The zero-order valence-electron chi connectivity index (χ0n) is 16.3. The molecule has 1 aliphatic rings. The summed E-state index contributed by atoms with van der Waals surface area (Å²) in [4.78, 5) is 14.0. The van der Waals surface area contributed by atoms with Gasteiger partial charge >= 0.3 is 10.1 Å². The standard InChI is InChI=1S/C24H15NO5S/c1-25-19-10-12-22(16-6-4-7-17(23(16)19)24(25)26)31(27,28)30-14-9-11-21-18(13-14)15-5-2-3-8-20(15)29-21/h2-13H,1H3. The quantitative estimate of drug-likeness (QED) is 0.373. The first-order chi connectivity index (χ1) is 14.9. The number of amides is 1. The summed E-state index contributed by atoms with van der Waals surface area (Å²) in [5.74, 6) is 0.0313. The molecule has 1 amide bonds. The summed E-state index contributed by atoms with van der Waals surface area (Å²) in [6.07, 6.45) is 0. The first kappa shape index (κ1) is 18.0. The molecular weight excluding hydrogens is 414 g/mol. The molecule has 0 unspecified atom stereocenters. The Kier molecular flexibility index (Phi) is 3.53. The van der Waals surface area contributed by atoms with Crippen molar-refractivity contribution in [2.24, 2.45) is 0 Å². The minimum Gasteiger partial charge on any atom is -0.456 e. The highest BCUT2D eigenvalue weighted by Gasteiger charge is 2.30. The van der Waals surface area contributed by atoms with Crippen LogP contribution in [-0.2, 0) is 10.1 Å². The van der Waals surface area contributed by atoms with Crippen molar-refractivity contribution in [3.8, 4) is 5.75 Å². The number of nitrogens with zero attached hydrogens (tertiary/aromatic N) is 1. The van der Waals surface area contributed by atoms with Crippen LogP contribution in [0, 0.1) is 0 Å². The van der Waals surface area contributed by atoms with Crippen molar-refractivity contribution in [3.05, 3.63) is 78.4 Å². The number of hydrogen-bond donors (Lipinski definition) is 0. The van der Waals surface area contributed by atoms with Gasteiger partial charge in [0.25, 0.3) is 5.91 Å². The van der Waals surface area contributed by atoms with Crippen LogP contribution < -0.4 is 9.08 Å². The number of anilines is 1. The van der Waals surface area contributed by atoms with Gasteiger partial charge in [0.15, 0.2) is 0 Å². The Hall–Kier alpha value is -3.84. The van der Waals surface area contributed by atoms with E-state index in [0.29, 0.717) is 27.6 Å². The van der Waals surface area contributed by atoms with Crippen LogP contribution in [0.4, 0.5) is 5.69 Å². The molecule has 0 radical (unpaired) electrons. The van der Waals surface area contributed by atoms with E-state index in [1.807, 2.05) is 24.3 Å². The van der Waals surface area contributed by atoms with Gasteiger partial charge in [-0.1, -0.05) is 30.3 Å². The largest absolute Gasteiger partial charge is 0.456 e. The lowest BCUT2D eigenvalue weighted by Crippen LogP contribution is -2.20. The fourth-order valence-corrected chi connectivity index (χ4v) is 5.38. The van der Waals surface area contributed by atoms with Crippen LogP contribution in [0.25, 0.3) is 32.7 Å². The Morgan fingerprint density at radius 1 is 0.839 bits per heavy atom. The first-order valence-electron chi connectivity index (χ1n) is 9.64. The lowest BCUT2D eigenvalue weighted by molar-refractivity contribution is 0.0999. The number of para-hydroxylation sites is 1. The van der Waals surface area contributed by atoms with Gasteiger partial charge in [-0.2, -0.15) is 8.42 Å². The van der Waals surface area contributed by atoms with Crippen LogP contribution in [-0.4, -0.2) is 21.4 Å². The van der Waals surface area contributed by atoms with E-state index in [-0.39, 0.29) is 16.6 Å². The van der Waals surface area contributed by atoms with E-state index in [4.69, 9.17) is 8.60 Å². The number of fused-ring (bicyclic) bond motifs is 3. The number of rotatable bonds is 3. The molecule has 0 saturated carbocycles. The Balaban J connectivity index is 1.48. The van der Waals surface area contributed by atoms with Gasteiger partial charge < -0.3 is 13.5 Å². The molecule has 0 fully saturated rings. The average Bonchev–Trinajstić information content (AvgIpc) is 3.25. The summed E-state index contributed by atoms with van der Waals surface area (Å²) < 4.78 is 37.7. The lowest BCUT2D eigenvalue weighted by atomic mass is 10.1. The fourth-order valence-electron chi connectivity index (χ4n) is 4.26. The normalized spacial score (nSPS) is 13.6. The smallest absolute Gasteiger partial charge is 0.339 e. The van der Waals surface area contributed by atoms with Gasteiger partial charge in [-0.15, -0.1) is 0 Å². The van der Waals surface area contributed by atoms with Gasteiger partial charge in [0.05, 0.1) is 5.69 Å². The Bertz CT molecular complexity index is 1670. The van der Waals surface area contributed by atoms with Gasteiger partial charge in [0, 0.05) is 34.2 Å². The minimum absolute atomic E-state index is 0.0216. The second kappa shape index (κ2) is 6.09. The SMILES string of the molecule is CN1C(=O)c2cccc3c(S(=O)(=O)Oc4ccc5oc6ccccc6c5c4)ccc1c23. The van der Waals surface area contributed by atoms with E-state index in [1.165, 1.54) is 11.0 Å². The predicted octanol–water partition coefficient (Wildman–Crippen LogP) is 5.10. The minimum atomic E-state index is -4.15. The fraction of sp³-hybridized carbons (Fsp3) is 0.0417. The van der Waals surface area contributed by atoms with Crippen molar-refractivity contribution in [1.29, 1.82) is 0 Å². The number of carbonyl (C=O) groups is 1. The first-order valence-corrected chi connectivity index (χ1v) is 11.0. The van der Waals surface area contributed by atoms with Crippen LogP contribution >= 0.6 is 0 Å². The summed E-state index contributed by atoms with van der Waals surface area (Å²) in [5.41, 5.74) is 2.54. The van der Waals surface area contributed by atoms with E-state index in [0.717, 1.165) is 16.4 Å². The van der Waals surface area contributed by atoms with E-state index >= 15 is 0 Å². The monoisotopic (exact) mass is 429 g/mol. The van der Waals surface area contributed by atoms with Gasteiger partial charge in [0.1, 0.15) is 21.8 Å². The maximum Gasteiger partial charge on any atom is 0.339 e. The molecule has 152 valence electrons. The van der Waals surface area contributed by atoms with Crippen LogP contribution in [0.1, 0.15) is 10.4 Å². The third-order valence-electron chi connectivity index (χ3n) is 5.70. The maximum atomic E-state index is 13.2. The zero-order valence-corrected chi connectivity index (χ0v) is 17.1. The molecule has 4 aromatic carbocycles. The Labute approximate surface area is 177 Å². The van der Waals surface area contributed by atoms with E-state index < -0.39 is 10.1 Å². The van der Waals surface area contributed by atoms with Crippen molar-refractivity contribution < 1.29 is 21.8 Å². The van der Waals surface area contributed by atoms with Crippen LogP contribution in [0.15, 0.2) is 82.1 Å². The van der Waals surface area contributed by atoms with Crippen molar-refractivity contribution in [1.82, 2.24) is 0 Å². The topological polar surface area (TPSA) is 76.8 Å². The molecule has 0 atom stereocenters. The van der Waals surface area contributed by atoms with Gasteiger partial charge in [-0.05, 0) is 42.5 Å². The van der Waals surface area contributed by atoms with Crippen molar-refractivity contribution in [3.63, 3.8) is 0 Å². The molecule has 1 aromatic heterocycles. The van der Waals surface area contributed by atoms with Crippen molar-refractivity contribution in [2.75, 3.05) is 11.9 Å². The molecule has 6 nitrogen and oxygen atoms in total. The second-order valence-electron chi connectivity index (χ2n) is 7.47. The van der Waals surface area contributed by atoms with Gasteiger partial charge in [-0.3, -0.25) is 4.79 Å². The van der Waals surface area contributed by atoms with E-state index in [1.54, 1.807) is 49.5 Å². The third-order valence-corrected chi connectivity index (χ3v) is 7.01. The molecule has 6 rings (SSSR count). The van der Waals surface area contributed by atoms with Crippen molar-refractivity contribution >= 4 is 54.4 Å². The van der Waals surface area contributed by atoms with E-state index in [2.05, 4.69) is 0 Å². The van der Waals surface area contributed by atoms with Crippen LogP contribution in [0.3, 0.4) is 0 Å². The molecule has 31 heavy (non-hydrogen) atoms. The average molecular weight is 429 g/mol. The summed E-state index contributed by atoms with van der Waals surface area (Å²) in [6.45, 7) is 0. The molecule has 0 bridgehead atoms. The molecular formula is C24H15NO5S. The molecule has 0 spiro atoms. The lowest BCUT2D eigenvalue weighted by Gasteiger charge is -2.12. The summed E-state index contributed by atoms with van der Waals surface area (Å²) in [6, 6.07) is 20.7.